The van der Waals surface area contributed by atoms with Crippen LogP contribution in [0, 0.1) is 20.2 Å². The lowest BCUT2D eigenvalue weighted by Gasteiger charge is -2.09. The van der Waals surface area contributed by atoms with Gasteiger partial charge in [0.2, 0.25) is 0 Å². The van der Waals surface area contributed by atoms with Crippen molar-refractivity contribution < 1.29 is 33.6 Å². The number of carbonyl (C=O) groups is 2. The molecule has 0 aromatic heterocycles. The topological polar surface area (TPSA) is 148 Å². The Morgan fingerprint density at radius 2 is 0.694 bits per heavy atom. The van der Waals surface area contributed by atoms with Crippen molar-refractivity contribution in [3.63, 3.8) is 0 Å². The highest BCUT2D eigenvalue weighted by Gasteiger charge is 2.14. The Hall–Kier alpha value is -7.14. The Kier molecular flexibility index (Phi) is 9.16. The van der Waals surface area contributed by atoms with Gasteiger partial charge in [-0.2, -0.15) is 0 Å². The fourth-order valence-corrected chi connectivity index (χ4v) is 4.76. The summed E-state index contributed by atoms with van der Waals surface area (Å²) in [5.41, 5.74) is 1.56. The van der Waals surface area contributed by atoms with Gasteiger partial charge in [0.05, 0.1) is 9.85 Å². The number of hydrogen-bond donors (Lipinski definition) is 0. The lowest BCUT2D eigenvalue weighted by Crippen LogP contribution is -2.02. The normalized spacial score (nSPS) is 10.5. The predicted octanol–water partition coefficient (Wildman–Crippen LogP) is 9.34. The minimum Gasteiger partial charge on any atom is -0.457 e. The van der Waals surface area contributed by atoms with E-state index in [1.807, 2.05) is 0 Å². The van der Waals surface area contributed by atoms with Gasteiger partial charge in [-0.15, -0.1) is 0 Å². The molecule has 0 atom stereocenters. The first-order chi connectivity index (χ1) is 23.7. The number of nitro groups is 2. The molecule has 0 aliphatic rings. The first kappa shape index (κ1) is 31.8. The molecule has 0 unspecified atom stereocenters. The molecule has 6 aromatic rings. The molecule has 0 fully saturated rings. The number of nitro benzene ring substituents is 2. The van der Waals surface area contributed by atoms with E-state index in [0.29, 0.717) is 56.8 Å². The van der Waals surface area contributed by atoms with Crippen molar-refractivity contribution in [1.82, 2.24) is 0 Å². The van der Waals surface area contributed by atoms with Crippen LogP contribution in [0.5, 0.6) is 34.5 Å². The average molecular weight is 653 g/mol. The molecule has 0 N–H and O–H groups in total. The third kappa shape index (κ3) is 7.81. The summed E-state index contributed by atoms with van der Waals surface area (Å²) in [5, 5.41) is 21.8. The molecular weight excluding hydrogens is 628 g/mol. The fourth-order valence-electron chi connectivity index (χ4n) is 4.76. The highest BCUT2D eigenvalue weighted by atomic mass is 16.6. The van der Waals surface area contributed by atoms with E-state index in [1.54, 1.807) is 97.1 Å². The highest BCUT2D eigenvalue weighted by Crippen LogP contribution is 2.28. The molecule has 0 bridgehead atoms. The molecule has 6 aromatic carbocycles. The molecule has 6 rings (SSSR count). The van der Waals surface area contributed by atoms with Crippen molar-refractivity contribution >= 4 is 22.9 Å². The van der Waals surface area contributed by atoms with Crippen molar-refractivity contribution in [3.8, 4) is 34.5 Å². The largest absolute Gasteiger partial charge is 0.457 e. The number of nitrogens with zero attached hydrogens (tertiary/aromatic N) is 2. The Morgan fingerprint density at radius 3 is 1.02 bits per heavy atom. The zero-order valence-electron chi connectivity index (χ0n) is 25.4. The maximum Gasteiger partial charge on any atom is 0.269 e. The minimum absolute atomic E-state index is 0.0514. The Balaban J connectivity index is 1.06. The van der Waals surface area contributed by atoms with E-state index in [2.05, 4.69) is 0 Å². The van der Waals surface area contributed by atoms with Crippen LogP contribution in [0.2, 0.25) is 0 Å². The van der Waals surface area contributed by atoms with Crippen molar-refractivity contribution in [2.75, 3.05) is 0 Å². The van der Waals surface area contributed by atoms with Gasteiger partial charge in [0.15, 0.2) is 11.6 Å². The molecule has 0 saturated carbocycles. The Labute approximate surface area is 278 Å². The van der Waals surface area contributed by atoms with Crippen molar-refractivity contribution in [1.29, 1.82) is 0 Å². The van der Waals surface area contributed by atoms with E-state index in [0.717, 1.165) is 0 Å². The second-order valence-corrected chi connectivity index (χ2v) is 10.6. The van der Waals surface area contributed by atoms with Crippen LogP contribution in [-0.2, 0) is 0 Å². The molecule has 49 heavy (non-hydrogen) atoms. The van der Waals surface area contributed by atoms with Crippen LogP contribution in [0.4, 0.5) is 11.4 Å². The van der Waals surface area contributed by atoms with Crippen LogP contribution < -0.4 is 14.2 Å². The summed E-state index contributed by atoms with van der Waals surface area (Å²) in [4.78, 5) is 47.1. The van der Waals surface area contributed by atoms with Crippen LogP contribution in [-0.4, -0.2) is 21.4 Å². The summed E-state index contributed by atoms with van der Waals surface area (Å²) in [6.45, 7) is 0. The molecule has 0 saturated heterocycles. The molecule has 0 heterocycles. The van der Waals surface area contributed by atoms with Gasteiger partial charge in [0.1, 0.15) is 34.5 Å². The van der Waals surface area contributed by atoms with Crippen LogP contribution in [0.15, 0.2) is 146 Å². The molecule has 0 aliphatic carbocycles. The monoisotopic (exact) mass is 652 g/mol. The standard InChI is InChI=1S/C38H24N2O9/c41-37(27-3-1-5-35(23-27)48-33-19-11-29(12-20-33)39(43)44)25-7-15-31(16-8-25)47-32-17-9-26(10-18-32)38(42)28-4-2-6-36(24-28)49-34-21-13-30(14-22-34)40(45)46/h1-24H. The molecule has 0 radical (unpaired) electrons. The fraction of sp³-hybridized carbons (Fsp3) is 0. The van der Waals surface area contributed by atoms with E-state index in [-0.39, 0.29) is 22.9 Å². The van der Waals surface area contributed by atoms with Gasteiger partial charge in [-0.05, 0) is 97.1 Å². The Bertz CT molecular complexity index is 2010. The van der Waals surface area contributed by atoms with Gasteiger partial charge in [-0.1, -0.05) is 24.3 Å². The van der Waals surface area contributed by atoms with E-state index in [1.165, 1.54) is 48.5 Å². The zero-order chi connectivity index (χ0) is 34.3. The summed E-state index contributed by atoms with van der Waals surface area (Å²) in [6, 6.07) is 37.8. The van der Waals surface area contributed by atoms with Crippen LogP contribution in [0.3, 0.4) is 0 Å². The number of benzene rings is 6. The molecule has 0 aliphatic heterocycles. The van der Waals surface area contributed by atoms with E-state index >= 15 is 0 Å². The maximum atomic E-state index is 13.2. The SMILES string of the molecule is O=C(c1ccc(Oc2ccc(C(=O)c3cccc(Oc4ccc([N+](=O)[O-])cc4)c3)cc2)cc1)c1cccc(Oc2ccc([N+](=O)[O-])cc2)c1. The summed E-state index contributed by atoms with van der Waals surface area (Å²) >= 11 is 0. The summed E-state index contributed by atoms with van der Waals surface area (Å²) in [7, 11) is 0. The summed E-state index contributed by atoms with van der Waals surface area (Å²) < 4.78 is 17.5. The number of non-ortho nitro benzene ring substituents is 2. The maximum absolute atomic E-state index is 13.2. The third-order valence-electron chi connectivity index (χ3n) is 7.23. The number of ketones is 2. The van der Waals surface area contributed by atoms with Gasteiger partial charge >= 0.3 is 0 Å². The van der Waals surface area contributed by atoms with Gasteiger partial charge in [0.25, 0.3) is 11.4 Å². The first-order valence-electron chi connectivity index (χ1n) is 14.7. The summed E-state index contributed by atoms with van der Waals surface area (Å²) in [6.07, 6.45) is 0. The molecule has 11 nitrogen and oxygen atoms in total. The highest BCUT2D eigenvalue weighted by molar-refractivity contribution is 6.09. The molecular formula is C38H24N2O9. The number of rotatable bonds is 12. The Morgan fingerprint density at radius 1 is 0.388 bits per heavy atom. The van der Waals surface area contributed by atoms with E-state index in [4.69, 9.17) is 14.2 Å². The number of hydrogen-bond acceptors (Lipinski definition) is 9. The lowest BCUT2D eigenvalue weighted by molar-refractivity contribution is -0.385. The van der Waals surface area contributed by atoms with Crippen LogP contribution >= 0.6 is 0 Å². The number of ether oxygens (including phenoxy) is 3. The minimum atomic E-state index is -0.494. The zero-order valence-corrected chi connectivity index (χ0v) is 25.4. The van der Waals surface area contributed by atoms with E-state index in [9.17, 15) is 29.8 Å². The summed E-state index contributed by atoms with van der Waals surface area (Å²) in [5.74, 6) is 2.12. The quantitative estimate of drug-likeness (QED) is 0.0716. The predicted molar refractivity (Wildman–Crippen MR) is 179 cm³/mol. The van der Waals surface area contributed by atoms with Gasteiger partial charge in [-0.3, -0.25) is 29.8 Å². The van der Waals surface area contributed by atoms with Crippen LogP contribution in [0.25, 0.3) is 0 Å². The average Bonchev–Trinajstić information content (AvgIpc) is 3.12. The van der Waals surface area contributed by atoms with Crippen molar-refractivity contribution in [3.05, 3.63) is 188 Å². The molecule has 240 valence electrons. The van der Waals surface area contributed by atoms with Gasteiger partial charge < -0.3 is 14.2 Å². The first-order valence-corrected chi connectivity index (χ1v) is 14.7. The van der Waals surface area contributed by atoms with Crippen molar-refractivity contribution in [2.24, 2.45) is 0 Å². The van der Waals surface area contributed by atoms with Crippen LogP contribution in [0.1, 0.15) is 31.8 Å². The molecule has 0 spiro atoms. The number of carbonyl (C=O) groups excluding carboxylic acids is 2. The van der Waals surface area contributed by atoms with E-state index < -0.39 is 9.85 Å². The second kappa shape index (κ2) is 14.1. The van der Waals surface area contributed by atoms with Crippen molar-refractivity contribution in [2.45, 2.75) is 0 Å². The second-order valence-electron chi connectivity index (χ2n) is 10.6. The molecule has 11 heteroatoms. The lowest BCUT2D eigenvalue weighted by atomic mass is 10.0. The molecule has 0 amide bonds. The smallest absolute Gasteiger partial charge is 0.269 e. The van der Waals surface area contributed by atoms with Gasteiger partial charge in [-0.25, -0.2) is 0 Å². The van der Waals surface area contributed by atoms with Gasteiger partial charge in [0, 0.05) is 46.5 Å². The third-order valence-corrected chi connectivity index (χ3v) is 7.23.